The van der Waals surface area contributed by atoms with Crippen LogP contribution >= 0.6 is 0 Å². The molecule has 2 aromatic rings. The van der Waals surface area contributed by atoms with Gasteiger partial charge in [0.1, 0.15) is 11.5 Å². The first-order valence-corrected chi connectivity index (χ1v) is 5.26. The Morgan fingerprint density at radius 3 is 2.56 bits per heavy atom. The Kier molecular flexibility index (Phi) is 3.27. The van der Waals surface area contributed by atoms with Crippen LogP contribution in [0.1, 0.15) is 17.4 Å². The lowest BCUT2D eigenvalue weighted by Gasteiger charge is -2.15. The highest BCUT2D eigenvalue weighted by Crippen LogP contribution is 2.21. The van der Waals surface area contributed by atoms with Crippen molar-refractivity contribution in [3.8, 4) is 5.75 Å². The lowest BCUT2D eigenvalue weighted by molar-refractivity contribution is 0.184. The summed E-state index contributed by atoms with van der Waals surface area (Å²) in [6, 6.07) is 11.6. The predicted octanol–water partition coefficient (Wildman–Crippen LogP) is 2.67. The van der Waals surface area contributed by atoms with Crippen molar-refractivity contribution >= 4 is 0 Å². The van der Waals surface area contributed by atoms with Gasteiger partial charge in [0.05, 0.1) is 6.26 Å². The van der Waals surface area contributed by atoms with Crippen molar-refractivity contribution in [1.29, 1.82) is 0 Å². The molecule has 1 heterocycles. The van der Waals surface area contributed by atoms with Crippen molar-refractivity contribution in [2.24, 2.45) is 5.73 Å². The van der Waals surface area contributed by atoms with Crippen LogP contribution in [0, 0.1) is 6.92 Å². The molecule has 0 amide bonds. The zero-order chi connectivity index (χ0) is 11.4. The van der Waals surface area contributed by atoms with Gasteiger partial charge in [0.2, 0.25) is 0 Å². The SMILES string of the molecule is Cc1ccc(OC(CN)c2ccco2)cc1. The summed E-state index contributed by atoms with van der Waals surface area (Å²) in [7, 11) is 0. The second-order valence-electron chi connectivity index (χ2n) is 3.67. The third-order valence-electron chi connectivity index (χ3n) is 2.37. The van der Waals surface area contributed by atoms with Crippen LogP contribution in [0.2, 0.25) is 0 Å². The minimum Gasteiger partial charge on any atom is -0.481 e. The molecule has 0 aliphatic rings. The molecule has 0 saturated carbocycles. The maximum absolute atomic E-state index is 5.74. The summed E-state index contributed by atoms with van der Waals surface area (Å²) in [4.78, 5) is 0. The molecule has 0 radical (unpaired) electrons. The van der Waals surface area contributed by atoms with Crippen LogP contribution in [0.4, 0.5) is 0 Å². The molecule has 3 nitrogen and oxygen atoms in total. The van der Waals surface area contributed by atoms with Crippen LogP contribution < -0.4 is 10.5 Å². The van der Waals surface area contributed by atoms with Crippen molar-refractivity contribution < 1.29 is 9.15 Å². The van der Waals surface area contributed by atoms with E-state index in [9.17, 15) is 0 Å². The van der Waals surface area contributed by atoms with Crippen molar-refractivity contribution in [3.05, 3.63) is 54.0 Å². The maximum atomic E-state index is 5.74. The zero-order valence-electron chi connectivity index (χ0n) is 9.22. The number of rotatable bonds is 4. The van der Waals surface area contributed by atoms with Crippen molar-refractivity contribution in [3.63, 3.8) is 0 Å². The number of furan rings is 1. The molecular formula is C13H15NO2. The minimum absolute atomic E-state index is 0.224. The first kappa shape index (κ1) is 10.8. The topological polar surface area (TPSA) is 48.4 Å². The van der Waals surface area contributed by atoms with Gasteiger partial charge in [-0.3, -0.25) is 0 Å². The van der Waals surface area contributed by atoms with Crippen LogP contribution in [0.25, 0.3) is 0 Å². The Hall–Kier alpha value is -1.74. The Labute approximate surface area is 94.8 Å². The second kappa shape index (κ2) is 4.86. The third-order valence-corrected chi connectivity index (χ3v) is 2.37. The molecule has 16 heavy (non-hydrogen) atoms. The molecule has 84 valence electrons. The van der Waals surface area contributed by atoms with E-state index < -0.39 is 0 Å². The molecular weight excluding hydrogens is 202 g/mol. The van der Waals surface area contributed by atoms with E-state index in [-0.39, 0.29) is 6.10 Å². The highest BCUT2D eigenvalue weighted by molar-refractivity contribution is 5.27. The van der Waals surface area contributed by atoms with E-state index in [0.29, 0.717) is 6.54 Å². The monoisotopic (exact) mass is 217 g/mol. The third kappa shape index (κ3) is 2.44. The van der Waals surface area contributed by atoms with E-state index >= 15 is 0 Å². The average Bonchev–Trinajstić information content (AvgIpc) is 2.82. The van der Waals surface area contributed by atoms with Gasteiger partial charge in [0, 0.05) is 6.54 Å². The van der Waals surface area contributed by atoms with Gasteiger partial charge in [-0.1, -0.05) is 17.7 Å². The Bertz CT molecular complexity index is 420. The highest BCUT2D eigenvalue weighted by atomic mass is 16.5. The van der Waals surface area contributed by atoms with Crippen LogP contribution in [-0.2, 0) is 0 Å². The molecule has 0 spiro atoms. The molecule has 0 aliphatic heterocycles. The summed E-state index contributed by atoms with van der Waals surface area (Å²) < 4.78 is 11.0. The molecule has 2 rings (SSSR count). The molecule has 3 heteroatoms. The van der Waals surface area contributed by atoms with Gasteiger partial charge in [-0.2, -0.15) is 0 Å². The summed E-state index contributed by atoms with van der Waals surface area (Å²) in [5.74, 6) is 1.56. The number of nitrogens with two attached hydrogens (primary N) is 1. The first-order chi connectivity index (χ1) is 7.79. The van der Waals surface area contributed by atoms with Gasteiger partial charge >= 0.3 is 0 Å². The Balaban J connectivity index is 2.10. The van der Waals surface area contributed by atoms with Gasteiger partial charge in [0.25, 0.3) is 0 Å². The molecule has 0 aliphatic carbocycles. The van der Waals surface area contributed by atoms with E-state index in [1.165, 1.54) is 5.56 Å². The molecule has 1 aromatic carbocycles. The average molecular weight is 217 g/mol. The summed E-state index contributed by atoms with van der Waals surface area (Å²) in [5, 5.41) is 0. The maximum Gasteiger partial charge on any atom is 0.168 e. The van der Waals surface area contributed by atoms with Crippen molar-refractivity contribution in [1.82, 2.24) is 0 Å². The van der Waals surface area contributed by atoms with E-state index in [1.54, 1.807) is 6.26 Å². The fourth-order valence-electron chi connectivity index (χ4n) is 1.48. The summed E-state index contributed by atoms with van der Waals surface area (Å²) >= 11 is 0. The number of ether oxygens (including phenoxy) is 1. The molecule has 0 bridgehead atoms. The predicted molar refractivity (Wildman–Crippen MR) is 62.3 cm³/mol. The minimum atomic E-state index is -0.224. The van der Waals surface area contributed by atoms with Gasteiger partial charge < -0.3 is 14.9 Å². The summed E-state index contributed by atoms with van der Waals surface area (Å²) in [6.45, 7) is 2.43. The number of hydrogen-bond acceptors (Lipinski definition) is 3. The molecule has 1 unspecified atom stereocenters. The van der Waals surface area contributed by atoms with E-state index in [4.69, 9.17) is 14.9 Å². The largest absolute Gasteiger partial charge is 0.481 e. The van der Waals surface area contributed by atoms with Gasteiger partial charge in [-0.25, -0.2) is 0 Å². The fraction of sp³-hybridized carbons (Fsp3) is 0.231. The Morgan fingerprint density at radius 2 is 2.00 bits per heavy atom. The lowest BCUT2D eigenvalue weighted by atomic mass is 10.2. The number of benzene rings is 1. The zero-order valence-corrected chi connectivity index (χ0v) is 9.22. The molecule has 0 fully saturated rings. The Morgan fingerprint density at radius 1 is 1.25 bits per heavy atom. The normalized spacial score (nSPS) is 12.4. The number of aryl methyl sites for hydroxylation is 1. The molecule has 0 saturated heterocycles. The molecule has 2 N–H and O–H groups in total. The summed E-state index contributed by atoms with van der Waals surface area (Å²) in [5.41, 5.74) is 6.86. The van der Waals surface area contributed by atoms with Crippen LogP contribution in [0.5, 0.6) is 5.75 Å². The quantitative estimate of drug-likeness (QED) is 0.856. The molecule has 1 atom stereocenters. The van der Waals surface area contributed by atoms with Gasteiger partial charge in [-0.15, -0.1) is 0 Å². The van der Waals surface area contributed by atoms with Gasteiger partial charge in [-0.05, 0) is 31.2 Å². The fourth-order valence-corrected chi connectivity index (χ4v) is 1.48. The lowest BCUT2D eigenvalue weighted by Crippen LogP contribution is -2.17. The standard InChI is InChI=1S/C13H15NO2/c1-10-4-6-11(7-5-10)16-13(9-14)12-3-2-8-15-12/h2-8,13H,9,14H2,1H3. The van der Waals surface area contributed by atoms with Crippen LogP contribution in [-0.4, -0.2) is 6.54 Å². The van der Waals surface area contributed by atoms with E-state index in [2.05, 4.69) is 0 Å². The van der Waals surface area contributed by atoms with Gasteiger partial charge in [0.15, 0.2) is 6.10 Å². The molecule has 1 aromatic heterocycles. The summed E-state index contributed by atoms with van der Waals surface area (Å²) in [6.07, 6.45) is 1.40. The highest BCUT2D eigenvalue weighted by Gasteiger charge is 2.13. The van der Waals surface area contributed by atoms with E-state index in [1.807, 2.05) is 43.3 Å². The first-order valence-electron chi connectivity index (χ1n) is 5.26. The van der Waals surface area contributed by atoms with Crippen molar-refractivity contribution in [2.75, 3.05) is 6.54 Å². The van der Waals surface area contributed by atoms with E-state index in [0.717, 1.165) is 11.5 Å². The van der Waals surface area contributed by atoms with Crippen molar-refractivity contribution in [2.45, 2.75) is 13.0 Å². The smallest absolute Gasteiger partial charge is 0.168 e. The second-order valence-corrected chi connectivity index (χ2v) is 3.67. The van der Waals surface area contributed by atoms with Crippen LogP contribution in [0.3, 0.4) is 0 Å². The number of hydrogen-bond donors (Lipinski definition) is 1. The van der Waals surface area contributed by atoms with Crippen LogP contribution in [0.15, 0.2) is 47.1 Å².